The summed E-state index contributed by atoms with van der Waals surface area (Å²) in [6.45, 7) is 3.81. The number of hydrogen-bond acceptors (Lipinski definition) is 4. The number of carbonyl (C=O) groups is 3. The smallest absolute Gasteiger partial charge is 0.316 e. The average molecular weight is 359 g/mol. The third kappa shape index (κ3) is 4.14. The van der Waals surface area contributed by atoms with Crippen LogP contribution in [0.25, 0.3) is 0 Å². The van der Waals surface area contributed by atoms with Gasteiger partial charge in [0.25, 0.3) is 0 Å². The fraction of sp³-hybridized carbons (Fsp3) is 0.526. The van der Waals surface area contributed by atoms with E-state index in [9.17, 15) is 18.8 Å². The Bertz CT molecular complexity index is 677. The van der Waals surface area contributed by atoms with Gasteiger partial charge in [-0.15, -0.1) is 0 Å². The molecular weight excluding hydrogens is 336 g/mol. The van der Waals surface area contributed by atoms with Crippen molar-refractivity contribution in [2.24, 2.45) is 17.8 Å². The van der Waals surface area contributed by atoms with E-state index < -0.39 is 35.5 Å². The number of carbonyl (C=O) groups excluding carboxylic acids is 3. The summed E-state index contributed by atoms with van der Waals surface area (Å²) in [5.74, 6) is -4.74. The first-order valence-electron chi connectivity index (χ1n) is 8.71. The summed E-state index contributed by atoms with van der Waals surface area (Å²) in [7, 11) is 6.99. The maximum atomic E-state index is 13.4. The van der Waals surface area contributed by atoms with Crippen molar-refractivity contribution in [2.45, 2.75) is 32.6 Å². The van der Waals surface area contributed by atoms with E-state index in [0.29, 0.717) is 24.9 Å². The van der Waals surface area contributed by atoms with Crippen LogP contribution in [-0.4, -0.2) is 44.1 Å². The van der Waals surface area contributed by atoms with Crippen LogP contribution in [0, 0.1) is 23.6 Å². The lowest BCUT2D eigenvalue weighted by Crippen LogP contribution is -2.46. The zero-order valence-corrected chi connectivity index (χ0v) is 15.3. The van der Waals surface area contributed by atoms with Gasteiger partial charge >= 0.3 is 5.97 Å². The fourth-order valence-electron chi connectivity index (χ4n) is 3.53. The van der Waals surface area contributed by atoms with Crippen molar-refractivity contribution in [1.29, 1.82) is 0 Å². The number of Topliss-reactive ketones (excluding diaryl/α,β-unsaturated/α-hetero) is 1. The number of amides is 1. The summed E-state index contributed by atoms with van der Waals surface area (Å²) in [6.07, 6.45) is 1.15. The molecule has 0 N–H and O–H groups in total. The minimum atomic E-state index is -1.15. The van der Waals surface area contributed by atoms with Gasteiger partial charge < -0.3 is 9.55 Å². The molecule has 2 rings (SSSR count). The summed E-state index contributed by atoms with van der Waals surface area (Å²) in [5.41, 5.74) is 0.546. The standard InChI is InChI=1S/C19H23BFNO4/c1-11(2)17(23)16(19(25)26-3)15(12-6-8-13(21)9-7-12)14-5-4-10-22(20)18(14)24/h6-9,11,14-16H,4-5,10H2,1-3H3. The second kappa shape index (κ2) is 8.47. The lowest BCUT2D eigenvalue weighted by molar-refractivity contribution is -0.153. The maximum absolute atomic E-state index is 13.4. The van der Waals surface area contributed by atoms with Crippen LogP contribution in [0.3, 0.4) is 0 Å². The molecule has 1 aromatic carbocycles. The zero-order valence-electron chi connectivity index (χ0n) is 15.3. The number of esters is 1. The SMILES string of the molecule is [B]N1CCCC(C(c2ccc(F)cc2)C(C(=O)OC)C(=O)C(C)C)C1=O. The number of halogens is 1. The second-order valence-corrected chi connectivity index (χ2v) is 6.92. The van der Waals surface area contributed by atoms with Crippen molar-refractivity contribution in [1.82, 2.24) is 4.81 Å². The Morgan fingerprint density at radius 3 is 2.42 bits per heavy atom. The summed E-state index contributed by atoms with van der Waals surface area (Å²) in [5, 5.41) is 0. The second-order valence-electron chi connectivity index (χ2n) is 6.92. The highest BCUT2D eigenvalue weighted by Crippen LogP contribution is 2.40. The molecular formula is C19H23BFNO4. The summed E-state index contributed by atoms with van der Waals surface area (Å²) < 4.78 is 18.3. The highest BCUT2D eigenvalue weighted by Gasteiger charge is 2.45. The van der Waals surface area contributed by atoms with Crippen LogP contribution in [0.4, 0.5) is 4.39 Å². The van der Waals surface area contributed by atoms with E-state index in [1.54, 1.807) is 13.8 Å². The van der Waals surface area contributed by atoms with E-state index in [2.05, 4.69) is 0 Å². The van der Waals surface area contributed by atoms with Crippen LogP contribution in [0.5, 0.6) is 0 Å². The Balaban J connectivity index is 2.56. The lowest BCUT2D eigenvalue weighted by Gasteiger charge is -2.37. The number of hydrogen-bond donors (Lipinski definition) is 0. The van der Waals surface area contributed by atoms with Gasteiger partial charge in [0.2, 0.25) is 13.9 Å². The van der Waals surface area contributed by atoms with Crippen molar-refractivity contribution in [3.8, 4) is 0 Å². The molecule has 0 aliphatic carbocycles. The highest BCUT2D eigenvalue weighted by molar-refractivity contribution is 6.15. The first-order valence-corrected chi connectivity index (χ1v) is 8.71. The Labute approximate surface area is 154 Å². The van der Waals surface area contributed by atoms with Gasteiger partial charge in [0.1, 0.15) is 17.5 Å². The number of rotatable bonds is 6. The van der Waals surface area contributed by atoms with Crippen molar-refractivity contribution in [2.75, 3.05) is 13.7 Å². The van der Waals surface area contributed by atoms with Crippen molar-refractivity contribution in [3.63, 3.8) is 0 Å². The van der Waals surface area contributed by atoms with Gasteiger partial charge in [0.15, 0.2) is 0 Å². The van der Waals surface area contributed by atoms with Gasteiger partial charge in [-0.05, 0) is 30.5 Å². The molecule has 0 bridgehead atoms. The van der Waals surface area contributed by atoms with Crippen LogP contribution in [-0.2, 0) is 19.1 Å². The van der Waals surface area contributed by atoms with Gasteiger partial charge in [-0.2, -0.15) is 0 Å². The predicted molar refractivity (Wildman–Crippen MR) is 94.7 cm³/mol. The zero-order chi connectivity index (χ0) is 19.4. The van der Waals surface area contributed by atoms with Crippen molar-refractivity contribution in [3.05, 3.63) is 35.6 Å². The van der Waals surface area contributed by atoms with Crippen molar-refractivity contribution >= 4 is 25.6 Å². The number of piperidine rings is 1. The molecule has 26 heavy (non-hydrogen) atoms. The highest BCUT2D eigenvalue weighted by atomic mass is 19.1. The van der Waals surface area contributed by atoms with Gasteiger partial charge in [0, 0.05) is 24.3 Å². The molecule has 1 aliphatic heterocycles. The van der Waals surface area contributed by atoms with E-state index in [0.717, 1.165) is 4.81 Å². The number of ether oxygens (including phenoxy) is 1. The largest absolute Gasteiger partial charge is 0.468 e. The monoisotopic (exact) mass is 359 g/mol. The maximum Gasteiger partial charge on any atom is 0.316 e. The first kappa shape index (κ1) is 20.1. The molecule has 5 nitrogen and oxygen atoms in total. The number of ketones is 1. The first-order chi connectivity index (χ1) is 12.3. The molecule has 1 aliphatic rings. The van der Waals surface area contributed by atoms with Crippen molar-refractivity contribution < 1.29 is 23.5 Å². The Kier molecular flexibility index (Phi) is 6.56. The lowest BCUT2D eigenvalue weighted by atomic mass is 9.70. The molecule has 1 amide bonds. The van der Waals surface area contributed by atoms with Crippen LogP contribution in [0.2, 0.25) is 0 Å². The molecule has 0 spiro atoms. The van der Waals surface area contributed by atoms with Gasteiger partial charge in [-0.3, -0.25) is 14.4 Å². The predicted octanol–water partition coefficient (Wildman–Crippen LogP) is 2.25. The van der Waals surface area contributed by atoms with E-state index in [-0.39, 0.29) is 11.7 Å². The minimum Gasteiger partial charge on any atom is -0.468 e. The molecule has 1 aromatic rings. The molecule has 0 aromatic heterocycles. The molecule has 1 fully saturated rings. The quantitative estimate of drug-likeness (QED) is 0.444. The van der Waals surface area contributed by atoms with E-state index in [1.165, 1.54) is 31.4 Å². The summed E-state index contributed by atoms with van der Waals surface area (Å²) in [4.78, 5) is 39.1. The summed E-state index contributed by atoms with van der Waals surface area (Å²) >= 11 is 0. The molecule has 0 saturated carbocycles. The average Bonchev–Trinajstić information content (AvgIpc) is 2.62. The van der Waals surface area contributed by atoms with E-state index >= 15 is 0 Å². The normalized spacial score (nSPS) is 20.0. The molecule has 1 saturated heterocycles. The molecule has 2 radical (unpaired) electrons. The van der Waals surface area contributed by atoms with Gasteiger partial charge in [0.05, 0.1) is 7.11 Å². The van der Waals surface area contributed by atoms with Crippen LogP contribution < -0.4 is 0 Å². The minimum absolute atomic E-state index is 0.312. The number of methoxy groups -OCH3 is 1. The van der Waals surface area contributed by atoms with Gasteiger partial charge in [-0.1, -0.05) is 26.0 Å². The molecule has 3 unspecified atom stereocenters. The molecule has 7 heteroatoms. The third-order valence-electron chi connectivity index (χ3n) is 4.89. The van der Waals surface area contributed by atoms with Gasteiger partial charge in [-0.25, -0.2) is 4.39 Å². The Morgan fingerprint density at radius 2 is 1.88 bits per heavy atom. The number of benzene rings is 1. The van der Waals surface area contributed by atoms with E-state index in [1.807, 2.05) is 0 Å². The van der Waals surface area contributed by atoms with Crippen LogP contribution >= 0.6 is 0 Å². The molecule has 1 heterocycles. The van der Waals surface area contributed by atoms with Crippen LogP contribution in [0.15, 0.2) is 24.3 Å². The summed E-state index contributed by atoms with van der Waals surface area (Å²) in [6, 6.07) is 5.52. The van der Waals surface area contributed by atoms with E-state index in [4.69, 9.17) is 12.7 Å². The third-order valence-corrected chi connectivity index (χ3v) is 4.89. The molecule has 3 atom stereocenters. The Hall–Kier alpha value is -2.18. The number of nitrogens with zero attached hydrogens (tertiary/aromatic N) is 1. The van der Waals surface area contributed by atoms with Crippen LogP contribution in [0.1, 0.15) is 38.2 Å². The molecule has 138 valence electrons. The topological polar surface area (TPSA) is 63.7 Å². The fourth-order valence-corrected chi connectivity index (χ4v) is 3.53. The Morgan fingerprint density at radius 1 is 1.27 bits per heavy atom.